The van der Waals surface area contributed by atoms with Gasteiger partial charge in [-0.2, -0.15) is 26.3 Å². The predicted octanol–water partition coefficient (Wildman–Crippen LogP) is 3.22. The highest BCUT2D eigenvalue weighted by molar-refractivity contribution is 7.90. The van der Waals surface area contributed by atoms with Gasteiger partial charge in [0.15, 0.2) is 11.5 Å². The zero-order valence-electron chi connectivity index (χ0n) is 16.8. The van der Waals surface area contributed by atoms with E-state index >= 15 is 0 Å². The molecule has 1 aliphatic heterocycles. The van der Waals surface area contributed by atoms with Crippen molar-refractivity contribution in [2.24, 2.45) is 0 Å². The molecule has 0 unspecified atom stereocenters. The monoisotopic (exact) mass is 514 g/mol. The Labute approximate surface area is 188 Å². The second-order valence-corrected chi connectivity index (χ2v) is 8.66. The second kappa shape index (κ2) is 9.21. The lowest BCUT2D eigenvalue weighted by atomic mass is 10.1. The first kappa shape index (κ1) is 25.4. The number of fused-ring (bicyclic) bond motifs is 1. The van der Waals surface area contributed by atoms with Crippen LogP contribution in [0.3, 0.4) is 0 Å². The Morgan fingerprint density at radius 3 is 2.06 bits per heavy atom. The fourth-order valence-corrected chi connectivity index (χ4v) is 3.87. The molecule has 34 heavy (non-hydrogen) atoms. The number of rotatable bonds is 5. The van der Waals surface area contributed by atoms with Crippen molar-refractivity contribution in [1.82, 2.24) is 10.0 Å². The van der Waals surface area contributed by atoms with Gasteiger partial charge in [-0.1, -0.05) is 6.07 Å². The van der Waals surface area contributed by atoms with E-state index in [9.17, 15) is 44.7 Å². The maximum absolute atomic E-state index is 13.0. The Kier molecular flexibility index (Phi) is 6.89. The van der Waals surface area contributed by atoms with Crippen LogP contribution in [0.25, 0.3) is 0 Å². The van der Waals surface area contributed by atoms with Gasteiger partial charge in [-0.25, -0.2) is 17.9 Å². The SMILES string of the molecule is O=C(NC[C@H](O)c1ccc2c(c1)OCCO2)NS(=O)(=O)c1cc(C(F)(F)F)cc(C(F)(F)F)c1. The first-order valence-corrected chi connectivity index (χ1v) is 10.8. The van der Waals surface area contributed by atoms with Crippen LogP contribution in [0.15, 0.2) is 41.3 Å². The predicted molar refractivity (Wildman–Crippen MR) is 103 cm³/mol. The highest BCUT2D eigenvalue weighted by atomic mass is 32.2. The quantitative estimate of drug-likeness (QED) is 0.529. The lowest BCUT2D eigenvalue weighted by Crippen LogP contribution is -2.41. The van der Waals surface area contributed by atoms with E-state index in [-0.39, 0.29) is 30.4 Å². The number of halogens is 6. The average Bonchev–Trinajstić information content (AvgIpc) is 2.75. The minimum absolute atomic E-state index is 0.0329. The van der Waals surface area contributed by atoms with E-state index in [1.165, 1.54) is 22.9 Å². The van der Waals surface area contributed by atoms with Gasteiger partial charge in [0.25, 0.3) is 10.0 Å². The van der Waals surface area contributed by atoms with Gasteiger partial charge < -0.3 is 19.9 Å². The van der Waals surface area contributed by atoms with Gasteiger partial charge in [0.1, 0.15) is 13.2 Å². The van der Waals surface area contributed by atoms with E-state index in [1.807, 2.05) is 5.32 Å². The molecule has 0 aromatic heterocycles. The zero-order chi connectivity index (χ0) is 25.3. The lowest BCUT2D eigenvalue weighted by Gasteiger charge is -2.20. The molecule has 0 bridgehead atoms. The molecule has 3 N–H and O–H groups in total. The third kappa shape index (κ3) is 6.02. The van der Waals surface area contributed by atoms with Gasteiger partial charge in [0.2, 0.25) is 0 Å². The highest BCUT2D eigenvalue weighted by Gasteiger charge is 2.38. The van der Waals surface area contributed by atoms with Gasteiger partial charge in [0, 0.05) is 6.54 Å². The molecule has 0 spiro atoms. The number of hydrogen-bond acceptors (Lipinski definition) is 6. The fraction of sp³-hybridized carbons (Fsp3) is 0.316. The van der Waals surface area contributed by atoms with Crippen molar-refractivity contribution in [3.05, 3.63) is 53.1 Å². The van der Waals surface area contributed by atoms with Crippen LogP contribution >= 0.6 is 0 Å². The van der Waals surface area contributed by atoms with Crippen LogP contribution in [0, 0.1) is 0 Å². The van der Waals surface area contributed by atoms with E-state index in [4.69, 9.17) is 9.47 Å². The molecule has 3 rings (SSSR count). The summed E-state index contributed by atoms with van der Waals surface area (Å²) in [6, 6.07) is 2.59. The lowest BCUT2D eigenvalue weighted by molar-refractivity contribution is -0.143. The van der Waals surface area contributed by atoms with Crippen molar-refractivity contribution in [2.45, 2.75) is 23.4 Å². The van der Waals surface area contributed by atoms with Crippen molar-refractivity contribution in [1.29, 1.82) is 0 Å². The first-order valence-electron chi connectivity index (χ1n) is 9.34. The minimum atomic E-state index is -5.28. The van der Waals surface area contributed by atoms with Gasteiger partial charge in [-0.05, 0) is 35.9 Å². The Hall–Kier alpha value is -3.20. The second-order valence-electron chi connectivity index (χ2n) is 6.98. The number of urea groups is 1. The molecule has 0 aliphatic carbocycles. The number of sulfonamides is 1. The smallest absolute Gasteiger partial charge is 0.416 e. The molecular weight excluding hydrogens is 498 g/mol. The molecule has 2 aromatic rings. The Morgan fingerprint density at radius 2 is 1.50 bits per heavy atom. The summed E-state index contributed by atoms with van der Waals surface area (Å²) in [6.45, 7) is 0.0650. The summed E-state index contributed by atoms with van der Waals surface area (Å²) in [5, 5.41) is 12.2. The number of aliphatic hydroxyl groups excluding tert-OH is 1. The molecule has 0 radical (unpaired) electrons. The maximum atomic E-state index is 13.0. The summed E-state index contributed by atoms with van der Waals surface area (Å²) in [6.07, 6.45) is -11.9. The van der Waals surface area contributed by atoms with Crippen molar-refractivity contribution >= 4 is 16.1 Å². The van der Waals surface area contributed by atoms with Crippen LogP contribution in [0.1, 0.15) is 22.8 Å². The number of benzene rings is 2. The van der Waals surface area contributed by atoms with E-state index in [0.29, 0.717) is 18.1 Å². The highest BCUT2D eigenvalue weighted by Crippen LogP contribution is 2.37. The summed E-state index contributed by atoms with van der Waals surface area (Å²) in [5.41, 5.74) is -3.46. The third-order valence-corrected chi connectivity index (χ3v) is 5.82. The Bertz CT molecular complexity index is 1150. The van der Waals surface area contributed by atoms with Crippen LogP contribution in [0.4, 0.5) is 31.1 Å². The molecule has 1 atom stereocenters. The number of carbonyl (C=O) groups excluding carboxylic acids is 1. The zero-order valence-corrected chi connectivity index (χ0v) is 17.6. The third-order valence-electron chi connectivity index (χ3n) is 4.51. The Morgan fingerprint density at radius 1 is 0.941 bits per heavy atom. The summed E-state index contributed by atoms with van der Waals surface area (Å²) in [7, 11) is -5.13. The number of amides is 2. The van der Waals surface area contributed by atoms with Crippen molar-refractivity contribution in [3.8, 4) is 11.5 Å². The molecule has 0 saturated heterocycles. The van der Waals surface area contributed by atoms with E-state index in [0.717, 1.165) is 0 Å². The summed E-state index contributed by atoms with van der Waals surface area (Å²) < 4.78 is 114. The molecule has 1 heterocycles. The molecule has 186 valence electrons. The number of carbonyl (C=O) groups is 1. The van der Waals surface area contributed by atoms with Gasteiger partial charge >= 0.3 is 18.4 Å². The van der Waals surface area contributed by atoms with Crippen molar-refractivity contribution in [3.63, 3.8) is 0 Å². The number of aliphatic hydroxyl groups is 1. The number of alkyl halides is 6. The Balaban J connectivity index is 1.72. The molecule has 15 heteroatoms. The summed E-state index contributed by atoms with van der Waals surface area (Å²) >= 11 is 0. The molecule has 2 amide bonds. The number of nitrogens with one attached hydrogen (secondary N) is 2. The summed E-state index contributed by atoms with van der Waals surface area (Å²) in [5.74, 6) is 0.762. The van der Waals surface area contributed by atoms with Gasteiger partial charge in [-0.15, -0.1) is 0 Å². The average molecular weight is 514 g/mol. The van der Waals surface area contributed by atoms with Gasteiger partial charge in [0.05, 0.1) is 22.1 Å². The van der Waals surface area contributed by atoms with Crippen LogP contribution in [0.5, 0.6) is 11.5 Å². The molecular formula is C19H16F6N2O6S. The maximum Gasteiger partial charge on any atom is 0.416 e. The number of hydrogen-bond donors (Lipinski definition) is 3. The van der Waals surface area contributed by atoms with E-state index < -0.39 is 57.1 Å². The summed E-state index contributed by atoms with van der Waals surface area (Å²) in [4.78, 5) is 10.5. The first-order chi connectivity index (χ1) is 15.7. The van der Waals surface area contributed by atoms with Crippen LogP contribution in [-0.2, 0) is 22.4 Å². The van der Waals surface area contributed by atoms with Crippen LogP contribution < -0.4 is 19.5 Å². The van der Waals surface area contributed by atoms with Crippen molar-refractivity contribution in [2.75, 3.05) is 19.8 Å². The fourth-order valence-electron chi connectivity index (χ4n) is 2.87. The van der Waals surface area contributed by atoms with Gasteiger partial charge in [-0.3, -0.25) is 0 Å². The molecule has 2 aromatic carbocycles. The normalized spacial score (nSPS) is 14.9. The van der Waals surface area contributed by atoms with Crippen LogP contribution in [-0.4, -0.2) is 39.3 Å². The van der Waals surface area contributed by atoms with Crippen molar-refractivity contribution < 1.29 is 54.1 Å². The van der Waals surface area contributed by atoms with E-state index in [2.05, 4.69) is 0 Å². The molecule has 0 saturated carbocycles. The van der Waals surface area contributed by atoms with Crippen LogP contribution in [0.2, 0.25) is 0 Å². The molecule has 0 fully saturated rings. The molecule has 8 nitrogen and oxygen atoms in total. The topological polar surface area (TPSA) is 114 Å². The molecule has 1 aliphatic rings. The van der Waals surface area contributed by atoms with E-state index in [1.54, 1.807) is 0 Å². The minimum Gasteiger partial charge on any atom is -0.486 e. The standard InChI is InChI=1S/C19H16F6N2O6S/c20-18(21,22)11-6-12(19(23,24)25)8-13(7-11)34(30,31)27-17(29)26-9-14(28)10-1-2-15-16(5-10)33-4-3-32-15/h1-2,5-8,14,28H,3-4,9H2,(H2,26,27,29)/t14-/m0/s1. The largest absolute Gasteiger partial charge is 0.486 e. The number of ether oxygens (including phenoxy) is 2.